The number of hydrogen-bond donors (Lipinski definition) is 6. The number of ether oxygens (including phenoxy) is 1. The van der Waals surface area contributed by atoms with Crippen LogP contribution in [0, 0.1) is 12.8 Å². The van der Waals surface area contributed by atoms with E-state index in [0.717, 1.165) is 5.56 Å². The highest BCUT2D eigenvalue weighted by Gasteiger charge is 2.42. The number of hydrogen-bond acceptors (Lipinski definition) is 8. The molecule has 1 heterocycles. The van der Waals surface area contributed by atoms with Crippen LogP contribution in [0.4, 0.5) is 0 Å². The van der Waals surface area contributed by atoms with Crippen molar-refractivity contribution in [3.8, 4) is 5.75 Å². The van der Waals surface area contributed by atoms with Crippen LogP contribution in [0.3, 0.4) is 0 Å². The normalized spacial score (nSPS) is 21.6. The minimum absolute atomic E-state index is 0.00620. The molecule has 9 heteroatoms. The van der Waals surface area contributed by atoms with Gasteiger partial charge in [-0.1, -0.05) is 43.3 Å². The largest absolute Gasteiger partial charge is 0.508 e. The van der Waals surface area contributed by atoms with Gasteiger partial charge in [-0.05, 0) is 43.4 Å². The minimum atomic E-state index is -1.34. The zero-order chi connectivity index (χ0) is 26.2. The quantitative estimate of drug-likeness (QED) is 0.187. The van der Waals surface area contributed by atoms with E-state index in [1.54, 1.807) is 31.1 Å². The second kappa shape index (κ2) is 13.1. The van der Waals surface area contributed by atoms with Crippen molar-refractivity contribution in [1.82, 2.24) is 15.5 Å². The lowest BCUT2D eigenvalue weighted by molar-refractivity contribution is -0.118. The summed E-state index contributed by atoms with van der Waals surface area (Å²) in [4.78, 5) is 14.8. The average molecular weight is 502 g/mol. The fourth-order valence-corrected chi connectivity index (χ4v) is 4.82. The Labute approximate surface area is 212 Å². The third kappa shape index (κ3) is 7.03. The number of amides is 1. The van der Waals surface area contributed by atoms with Gasteiger partial charge in [0.05, 0.1) is 18.7 Å². The molecule has 0 aromatic heterocycles. The molecule has 6 N–H and O–H groups in total. The van der Waals surface area contributed by atoms with Gasteiger partial charge in [0, 0.05) is 31.3 Å². The number of likely N-dealkylation sites (tertiary alicyclic amines) is 1. The number of carbonyl (C=O) groups excluding carboxylic acids is 1. The second-order valence-corrected chi connectivity index (χ2v) is 9.62. The van der Waals surface area contributed by atoms with Crippen molar-refractivity contribution in [1.29, 1.82) is 0 Å². The molecule has 1 aliphatic rings. The van der Waals surface area contributed by atoms with Gasteiger partial charge in [0.15, 0.2) is 0 Å². The molecule has 3 rings (SSSR count). The molecule has 1 aliphatic heterocycles. The fourth-order valence-electron chi connectivity index (χ4n) is 4.82. The van der Waals surface area contributed by atoms with Crippen LogP contribution < -0.4 is 10.6 Å². The lowest BCUT2D eigenvalue weighted by Crippen LogP contribution is -2.59. The molecule has 0 saturated carbocycles. The molecule has 2 aromatic rings. The van der Waals surface area contributed by atoms with Gasteiger partial charge in [0.1, 0.15) is 24.3 Å². The summed E-state index contributed by atoms with van der Waals surface area (Å²) >= 11 is 0. The Balaban J connectivity index is 1.81. The van der Waals surface area contributed by atoms with Gasteiger partial charge >= 0.3 is 0 Å². The second-order valence-electron chi connectivity index (χ2n) is 9.62. The van der Waals surface area contributed by atoms with Crippen LogP contribution in [0.1, 0.15) is 34.8 Å². The number of aromatic hydroxyl groups is 1. The lowest BCUT2D eigenvalue weighted by Gasteiger charge is -2.37. The smallest absolute Gasteiger partial charge is 0.252 e. The van der Waals surface area contributed by atoms with Gasteiger partial charge < -0.3 is 30.5 Å². The first-order valence-electron chi connectivity index (χ1n) is 12.4. The number of aliphatic hydroxyl groups excluding tert-OH is 3. The molecule has 36 heavy (non-hydrogen) atoms. The van der Waals surface area contributed by atoms with Crippen LogP contribution in [0.5, 0.6) is 5.75 Å². The number of phenols is 1. The Kier molecular flexibility index (Phi) is 10.2. The third-order valence-electron chi connectivity index (χ3n) is 6.84. The molecule has 0 bridgehead atoms. The Morgan fingerprint density at radius 1 is 1.14 bits per heavy atom. The molecule has 6 atom stereocenters. The molecule has 0 aliphatic carbocycles. The number of nitrogens with one attached hydrogen (secondary N) is 2. The fraction of sp³-hybridized carbons (Fsp3) is 0.519. The van der Waals surface area contributed by atoms with Gasteiger partial charge in [-0.2, -0.15) is 0 Å². The van der Waals surface area contributed by atoms with Crippen LogP contribution in [-0.4, -0.2) is 88.7 Å². The summed E-state index contributed by atoms with van der Waals surface area (Å²) < 4.78 is 5.03. The summed E-state index contributed by atoms with van der Waals surface area (Å²) in [6.07, 6.45) is -2.65. The average Bonchev–Trinajstić information content (AvgIpc) is 3.26. The van der Waals surface area contributed by atoms with Crippen molar-refractivity contribution in [2.45, 2.75) is 57.3 Å². The molecular weight excluding hydrogens is 462 g/mol. The van der Waals surface area contributed by atoms with Crippen LogP contribution in [-0.2, 0) is 11.2 Å². The van der Waals surface area contributed by atoms with Gasteiger partial charge in [0.2, 0.25) is 0 Å². The lowest BCUT2D eigenvalue weighted by atomic mass is 9.98. The van der Waals surface area contributed by atoms with Crippen molar-refractivity contribution in [2.24, 2.45) is 5.92 Å². The van der Waals surface area contributed by atoms with Crippen molar-refractivity contribution >= 4 is 5.91 Å². The number of benzene rings is 2. The van der Waals surface area contributed by atoms with E-state index < -0.39 is 36.6 Å². The van der Waals surface area contributed by atoms with E-state index in [-0.39, 0.29) is 18.1 Å². The summed E-state index contributed by atoms with van der Waals surface area (Å²) in [5.74, 6) is -0.247. The maximum atomic E-state index is 13.1. The number of aliphatic hydroxyl groups is 3. The van der Waals surface area contributed by atoms with Crippen LogP contribution in [0.25, 0.3) is 0 Å². The highest BCUT2D eigenvalue weighted by Crippen LogP contribution is 2.28. The van der Waals surface area contributed by atoms with Gasteiger partial charge in [-0.3, -0.25) is 15.0 Å². The number of rotatable bonds is 12. The molecule has 0 radical (unpaired) electrons. The Morgan fingerprint density at radius 2 is 1.86 bits per heavy atom. The highest BCUT2D eigenvalue weighted by atomic mass is 16.5. The Morgan fingerprint density at radius 3 is 2.56 bits per heavy atom. The number of methoxy groups -OCH3 is 1. The van der Waals surface area contributed by atoms with E-state index in [4.69, 9.17) is 4.74 Å². The first-order chi connectivity index (χ1) is 17.2. The van der Waals surface area contributed by atoms with E-state index in [9.17, 15) is 25.2 Å². The molecule has 1 amide bonds. The maximum Gasteiger partial charge on any atom is 0.252 e. The van der Waals surface area contributed by atoms with Crippen LogP contribution in [0.2, 0.25) is 0 Å². The molecular formula is C27H39N3O6. The summed E-state index contributed by atoms with van der Waals surface area (Å²) in [5.41, 5.74) is 1.61. The number of phenolic OH excluding ortho intramolecular Hbond substituents is 1. The standard InChI is InChI=1S/C27H39N3O6/c1-17-14-22(26(34)28-12-13-36-3)30(16-17)27(35)24(32)21(15-19-8-5-4-6-9-19)29-25(33)20-10-7-11-23(31)18(20)2/h4-11,17,21-22,24,26-28,31-32,34-35H,12-16H2,1-3H3,(H,29,33)/t17-,21-,22-,24-,26?,27?/m0/s1. The summed E-state index contributed by atoms with van der Waals surface area (Å²) in [7, 11) is 1.58. The van der Waals surface area contributed by atoms with Crippen LogP contribution >= 0.6 is 0 Å². The van der Waals surface area contributed by atoms with Crippen molar-refractivity contribution in [3.05, 3.63) is 65.2 Å². The maximum absolute atomic E-state index is 13.1. The predicted molar refractivity (Wildman–Crippen MR) is 136 cm³/mol. The van der Waals surface area contributed by atoms with E-state index in [1.807, 2.05) is 37.3 Å². The van der Waals surface area contributed by atoms with E-state index >= 15 is 0 Å². The van der Waals surface area contributed by atoms with E-state index in [0.29, 0.717) is 37.2 Å². The summed E-state index contributed by atoms with van der Waals surface area (Å²) in [5, 5.41) is 49.2. The van der Waals surface area contributed by atoms with Crippen LogP contribution in [0.15, 0.2) is 48.5 Å². The Hall–Kier alpha value is -2.53. The number of nitrogens with zero attached hydrogens (tertiary/aromatic N) is 1. The summed E-state index contributed by atoms with van der Waals surface area (Å²) in [6.45, 7) is 5.05. The van der Waals surface area contributed by atoms with E-state index in [2.05, 4.69) is 10.6 Å². The van der Waals surface area contributed by atoms with Gasteiger partial charge in [-0.25, -0.2) is 0 Å². The predicted octanol–water partition coefficient (Wildman–Crippen LogP) is 0.986. The zero-order valence-electron chi connectivity index (χ0n) is 21.2. The van der Waals surface area contributed by atoms with E-state index in [1.165, 1.54) is 6.07 Å². The first kappa shape index (κ1) is 28.0. The molecule has 2 aromatic carbocycles. The van der Waals surface area contributed by atoms with Crippen molar-refractivity contribution in [2.75, 3.05) is 26.8 Å². The molecule has 9 nitrogen and oxygen atoms in total. The SMILES string of the molecule is COCCNC(O)[C@@H]1C[C@H](C)CN1C(O)[C@@H](O)[C@H](Cc1ccccc1)NC(=O)c1cccc(O)c1C. The van der Waals surface area contributed by atoms with Crippen molar-refractivity contribution < 1.29 is 30.0 Å². The molecule has 1 fully saturated rings. The minimum Gasteiger partial charge on any atom is -0.508 e. The third-order valence-corrected chi connectivity index (χ3v) is 6.84. The highest BCUT2D eigenvalue weighted by molar-refractivity contribution is 5.96. The molecule has 1 saturated heterocycles. The Bertz CT molecular complexity index is 975. The topological polar surface area (TPSA) is 135 Å². The molecule has 198 valence electrons. The summed E-state index contributed by atoms with van der Waals surface area (Å²) in [6, 6.07) is 12.9. The molecule has 2 unspecified atom stereocenters. The van der Waals surface area contributed by atoms with Gasteiger partial charge in [-0.15, -0.1) is 0 Å². The first-order valence-corrected chi connectivity index (χ1v) is 12.4. The number of carbonyl (C=O) groups is 1. The van der Waals surface area contributed by atoms with Gasteiger partial charge in [0.25, 0.3) is 5.91 Å². The zero-order valence-corrected chi connectivity index (χ0v) is 21.2. The monoisotopic (exact) mass is 501 g/mol. The van der Waals surface area contributed by atoms with Crippen molar-refractivity contribution in [3.63, 3.8) is 0 Å². The molecule has 0 spiro atoms.